The molecule has 37 heavy (non-hydrogen) atoms. The fourth-order valence-electron chi connectivity index (χ4n) is 3.59. The van der Waals surface area contributed by atoms with Gasteiger partial charge in [-0.15, -0.1) is 0 Å². The molecule has 0 aromatic heterocycles. The Labute approximate surface area is 213 Å². The third kappa shape index (κ3) is 8.59. The van der Waals surface area contributed by atoms with E-state index < -0.39 is 34.4 Å². The molecule has 0 bridgehead atoms. The maximum atomic E-state index is 13.5. The summed E-state index contributed by atoms with van der Waals surface area (Å²) in [5.41, 5.74) is 6.87. The molecule has 1 aliphatic rings. The summed E-state index contributed by atoms with van der Waals surface area (Å²) in [6.07, 6.45) is -3.11. The van der Waals surface area contributed by atoms with Crippen molar-refractivity contribution in [2.24, 2.45) is 5.73 Å². The number of hydrogen-bond acceptors (Lipinski definition) is 7. The van der Waals surface area contributed by atoms with Crippen LogP contribution in [-0.2, 0) is 21.4 Å². The molecule has 1 fully saturated rings. The number of alkyl halides is 3. The molecule has 4 N–H and O–H groups in total. The molecule has 0 aliphatic heterocycles. The highest BCUT2D eigenvalue weighted by atomic mass is 32.2. The maximum absolute atomic E-state index is 13.5. The number of carboxylic acids is 1. The topological polar surface area (TPSA) is 139 Å². The minimum absolute atomic E-state index is 0.0418. The van der Waals surface area contributed by atoms with Crippen LogP contribution in [0.1, 0.15) is 38.2 Å². The van der Waals surface area contributed by atoms with E-state index >= 15 is 0 Å². The highest BCUT2D eigenvalue weighted by Gasteiger charge is 2.38. The normalized spacial score (nSPS) is 16.0. The van der Waals surface area contributed by atoms with Gasteiger partial charge in [0.05, 0.1) is 30.4 Å². The fraction of sp³-hybridized carbons (Fsp3) is 0.458. The average molecular weight is 549 g/mol. The number of aliphatic hydroxyl groups is 1. The molecule has 2 aromatic carbocycles. The van der Waals surface area contributed by atoms with Gasteiger partial charge in [0.25, 0.3) is 0 Å². The first-order valence-corrected chi connectivity index (χ1v) is 12.9. The van der Waals surface area contributed by atoms with Crippen molar-refractivity contribution in [2.75, 3.05) is 7.11 Å². The van der Waals surface area contributed by atoms with Gasteiger partial charge in [-0.1, -0.05) is 30.3 Å². The van der Waals surface area contributed by atoms with Crippen LogP contribution in [0.4, 0.5) is 13.2 Å². The number of rotatable bonds is 9. The molecule has 3 rings (SSSR count). The standard InChI is InChI=1S/C22H30N2O5S.C2HF3O2/c1-16(25)22(23)24(15-17-8-4-3-5-9-17)30(26,27)19-12-13-20(28-2)21(14-19)29-18-10-6-7-11-18;3-2(4,5)1(6)7/h3-5,8-9,12-14,16,18,22,25H,6-7,10-11,15,23H2,1-2H3;(H,6,7)/t16-,22+;/m1./s1. The van der Waals surface area contributed by atoms with Gasteiger partial charge in [0.1, 0.15) is 0 Å². The number of halogens is 3. The Morgan fingerprint density at radius 2 is 1.70 bits per heavy atom. The third-order valence-electron chi connectivity index (χ3n) is 5.59. The number of sulfonamides is 1. The second-order valence-corrected chi connectivity index (χ2v) is 10.3. The molecule has 1 saturated carbocycles. The first-order chi connectivity index (χ1) is 17.3. The molecule has 0 saturated heterocycles. The molecule has 0 heterocycles. The Morgan fingerprint density at radius 1 is 1.14 bits per heavy atom. The van der Waals surface area contributed by atoms with Crippen LogP contribution in [0.5, 0.6) is 11.5 Å². The van der Waals surface area contributed by atoms with E-state index in [1.54, 1.807) is 6.07 Å². The molecule has 0 unspecified atom stereocenters. The molecule has 0 radical (unpaired) electrons. The Bertz CT molecular complexity index is 1120. The number of carbonyl (C=O) groups is 1. The summed E-state index contributed by atoms with van der Waals surface area (Å²) in [7, 11) is -2.49. The van der Waals surface area contributed by atoms with Crippen molar-refractivity contribution >= 4 is 16.0 Å². The number of ether oxygens (including phenoxy) is 2. The van der Waals surface area contributed by atoms with Crippen molar-refractivity contribution in [3.63, 3.8) is 0 Å². The largest absolute Gasteiger partial charge is 0.493 e. The van der Waals surface area contributed by atoms with Crippen LogP contribution in [0.3, 0.4) is 0 Å². The van der Waals surface area contributed by atoms with Crippen LogP contribution in [0.15, 0.2) is 53.4 Å². The quantitative estimate of drug-likeness (QED) is 0.405. The van der Waals surface area contributed by atoms with Gasteiger partial charge in [-0.25, -0.2) is 13.2 Å². The van der Waals surface area contributed by atoms with Crippen LogP contribution in [0.25, 0.3) is 0 Å². The summed E-state index contributed by atoms with van der Waals surface area (Å²) >= 11 is 0. The molecule has 9 nitrogen and oxygen atoms in total. The summed E-state index contributed by atoms with van der Waals surface area (Å²) < 4.78 is 71.3. The van der Waals surface area contributed by atoms with Gasteiger partial charge >= 0.3 is 12.1 Å². The average Bonchev–Trinajstić information content (AvgIpc) is 3.35. The lowest BCUT2D eigenvalue weighted by Crippen LogP contribution is -2.51. The van der Waals surface area contributed by atoms with E-state index in [1.807, 2.05) is 30.3 Å². The molecule has 1 aliphatic carbocycles. The monoisotopic (exact) mass is 548 g/mol. The Hall–Kier alpha value is -2.87. The lowest BCUT2D eigenvalue weighted by molar-refractivity contribution is -0.192. The minimum atomic E-state index is -5.08. The zero-order valence-corrected chi connectivity index (χ0v) is 21.2. The van der Waals surface area contributed by atoms with Gasteiger partial charge in [-0.3, -0.25) is 0 Å². The van der Waals surface area contributed by atoms with E-state index in [2.05, 4.69) is 0 Å². The van der Waals surface area contributed by atoms with E-state index in [0.717, 1.165) is 35.6 Å². The van der Waals surface area contributed by atoms with Gasteiger partial charge in [0, 0.05) is 12.6 Å². The Morgan fingerprint density at radius 3 is 2.19 bits per heavy atom. The number of nitrogens with zero attached hydrogens (tertiary/aromatic N) is 1. The molecule has 0 amide bonds. The zero-order valence-electron chi connectivity index (χ0n) is 20.4. The smallest absolute Gasteiger partial charge is 0.490 e. The summed E-state index contributed by atoms with van der Waals surface area (Å²) in [5, 5.41) is 17.2. The second kappa shape index (κ2) is 13.1. The number of hydrogen-bond donors (Lipinski definition) is 3. The highest BCUT2D eigenvalue weighted by Crippen LogP contribution is 2.35. The number of carboxylic acid groups (broad SMARTS) is 1. The summed E-state index contributed by atoms with van der Waals surface area (Å²) in [4.78, 5) is 8.94. The van der Waals surface area contributed by atoms with Gasteiger partial charge in [-0.05, 0) is 50.3 Å². The number of benzene rings is 2. The van der Waals surface area contributed by atoms with Gasteiger partial charge in [0.2, 0.25) is 10.0 Å². The molecule has 2 aromatic rings. The van der Waals surface area contributed by atoms with Crippen LogP contribution in [0.2, 0.25) is 0 Å². The Balaban J connectivity index is 0.000000604. The predicted molar refractivity (Wildman–Crippen MR) is 128 cm³/mol. The molecule has 0 spiro atoms. The molecular formula is C24H31F3N2O7S. The Kier molecular flexibility index (Phi) is 10.7. The number of methoxy groups -OCH3 is 1. The minimum Gasteiger partial charge on any atom is -0.493 e. The van der Waals surface area contributed by atoms with Crippen molar-refractivity contribution in [3.05, 3.63) is 54.1 Å². The van der Waals surface area contributed by atoms with Gasteiger partial charge < -0.3 is 25.4 Å². The maximum Gasteiger partial charge on any atom is 0.490 e. The van der Waals surface area contributed by atoms with Crippen molar-refractivity contribution in [1.82, 2.24) is 4.31 Å². The molecule has 206 valence electrons. The first-order valence-electron chi connectivity index (χ1n) is 11.4. The van der Waals surface area contributed by atoms with E-state index in [-0.39, 0.29) is 17.5 Å². The van der Waals surface area contributed by atoms with Crippen LogP contribution in [-0.4, -0.2) is 60.6 Å². The van der Waals surface area contributed by atoms with E-state index in [9.17, 15) is 26.7 Å². The van der Waals surface area contributed by atoms with Crippen molar-refractivity contribution in [3.8, 4) is 11.5 Å². The summed E-state index contributed by atoms with van der Waals surface area (Å²) in [5.74, 6) is -1.88. The van der Waals surface area contributed by atoms with Crippen molar-refractivity contribution in [1.29, 1.82) is 0 Å². The third-order valence-corrected chi connectivity index (χ3v) is 7.43. The molecular weight excluding hydrogens is 517 g/mol. The SMILES string of the molecule is COc1ccc(S(=O)(=O)N(Cc2ccccc2)[C@H](N)[C@@H](C)O)cc1OC1CCCC1.O=C(O)C(F)(F)F. The van der Waals surface area contributed by atoms with Crippen LogP contribution in [0, 0.1) is 0 Å². The number of aliphatic hydroxyl groups excluding tert-OH is 1. The lowest BCUT2D eigenvalue weighted by atomic mass is 10.2. The highest BCUT2D eigenvalue weighted by molar-refractivity contribution is 7.89. The van der Waals surface area contributed by atoms with E-state index in [1.165, 1.54) is 26.2 Å². The second-order valence-electron chi connectivity index (χ2n) is 8.41. The first kappa shape index (κ1) is 30.4. The number of aliphatic carboxylic acids is 1. The fourth-order valence-corrected chi connectivity index (χ4v) is 5.17. The predicted octanol–water partition coefficient (Wildman–Crippen LogP) is 3.51. The number of nitrogens with two attached hydrogens (primary N) is 1. The van der Waals surface area contributed by atoms with Gasteiger partial charge in [-0.2, -0.15) is 17.5 Å². The zero-order chi connectivity index (χ0) is 27.8. The van der Waals surface area contributed by atoms with Crippen molar-refractivity contribution in [2.45, 2.75) is 68.6 Å². The summed E-state index contributed by atoms with van der Waals surface area (Å²) in [6, 6.07) is 13.7. The van der Waals surface area contributed by atoms with Gasteiger partial charge in [0.15, 0.2) is 11.5 Å². The van der Waals surface area contributed by atoms with E-state index in [0.29, 0.717) is 11.5 Å². The molecule has 2 atom stereocenters. The van der Waals surface area contributed by atoms with Crippen LogP contribution < -0.4 is 15.2 Å². The lowest BCUT2D eigenvalue weighted by Gasteiger charge is -2.30. The van der Waals surface area contributed by atoms with E-state index in [4.69, 9.17) is 25.1 Å². The van der Waals surface area contributed by atoms with Crippen LogP contribution >= 0.6 is 0 Å². The summed E-state index contributed by atoms with van der Waals surface area (Å²) in [6.45, 7) is 1.51. The molecule has 13 heteroatoms. The van der Waals surface area contributed by atoms with Crippen molar-refractivity contribution < 1.29 is 46.1 Å².